The van der Waals surface area contributed by atoms with E-state index in [0.29, 0.717) is 24.9 Å². The van der Waals surface area contributed by atoms with Crippen LogP contribution in [0.3, 0.4) is 0 Å². The summed E-state index contributed by atoms with van der Waals surface area (Å²) in [6, 6.07) is 4.20. The van der Waals surface area contributed by atoms with E-state index in [-0.39, 0.29) is 17.6 Å². The van der Waals surface area contributed by atoms with Crippen molar-refractivity contribution in [1.82, 2.24) is 24.6 Å². The number of carbonyl (C=O) groups excluding carboxylic acids is 2. The Hall–Kier alpha value is -2.22. The van der Waals surface area contributed by atoms with Crippen LogP contribution in [0.15, 0.2) is 29.7 Å². The zero-order valence-electron chi connectivity index (χ0n) is 16.1. The first kappa shape index (κ1) is 19.1. The van der Waals surface area contributed by atoms with Gasteiger partial charge in [-0.3, -0.25) is 24.0 Å². The fourth-order valence-corrected chi connectivity index (χ4v) is 5.03. The van der Waals surface area contributed by atoms with E-state index in [1.165, 1.54) is 35.9 Å². The van der Waals surface area contributed by atoms with Gasteiger partial charge in [-0.05, 0) is 37.3 Å². The Bertz CT molecular complexity index is 854. The van der Waals surface area contributed by atoms with Crippen molar-refractivity contribution in [2.75, 3.05) is 12.3 Å². The predicted octanol–water partition coefficient (Wildman–Crippen LogP) is 3.33. The van der Waals surface area contributed by atoms with E-state index in [4.69, 9.17) is 0 Å². The lowest BCUT2D eigenvalue weighted by molar-refractivity contribution is -0.140. The van der Waals surface area contributed by atoms with Gasteiger partial charge in [-0.2, -0.15) is 0 Å². The molecule has 1 aliphatic heterocycles. The van der Waals surface area contributed by atoms with Crippen molar-refractivity contribution in [2.45, 2.75) is 56.6 Å². The standard InChI is InChI=1S/C20H25N5O2S/c1-14-6-2-3-8-16(14)25-19(15-7-4-10-21-12-15)22-23-20(25)28-13-18(27)24-11-5-9-17(24)26/h4,7,10,12,14,16H,2-3,5-6,8-9,11,13H2,1H3/t14-,16-/m1/s1. The number of imide groups is 1. The van der Waals surface area contributed by atoms with Crippen LogP contribution in [0.1, 0.15) is 51.5 Å². The van der Waals surface area contributed by atoms with Crippen molar-refractivity contribution >= 4 is 23.6 Å². The fraction of sp³-hybridized carbons (Fsp3) is 0.550. The molecule has 2 aliphatic rings. The number of amides is 2. The molecule has 0 N–H and O–H groups in total. The zero-order chi connectivity index (χ0) is 19.5. The van der Waals surface area contributed by atoms with Gasteiger partial charge in [-0.15, -0.1) is 10.2 Å². The summed E-state index contributed by atoms with van der Waals surface area (Å²) in [5.41, 5.74) is 0.931. The Balaban J connectivity index is 1.60. The Morgan fingerprint density at radius 2 is 2.11 bits per heavy atom. The third kappa shape index (κ3) is 3.83. The summed E-state index contributed by atoms with van der Waals surface area (Å²) in [6.07, 6.45) is 9.48. The van der Waals surface area contributed by atoms with Crippen molar-refractivity contribution in [3.05, 3.63) is 24.5 Å². The minimum absolute atomic E-state index is 0.0657. The van der Waals surface area contributed by atoms with Gasteiger partial charge in [0, 0.05) is 37.0 Å². The van der Waals surface area contributed by atoms with Gasteiger partial charge in [0.05, 0.1) is 5.75 Å². The van der Waals surface area contributed by atoms with E-state index in [2.05, 4.69) is 26.7 Å². The molecule has 0 spiro atoms. The van der Waals surface area contributed by atoms with Gasteiger partial charge in [0.15, 0.2) is 11.0 Å². The van der Waals surface area contributed by atoms with Crippen molar-refractivity contribution in [3.63, 3.8) is 0 Å². The molecule has 148 valence electrons. The summed E-state index contributed by atoms with van der Waals surface area (Å²) in [7, 11) is 0. The minimum Gasteiger partial charge on any atom is -0.299 e. The van der Waals surface area contributed by atoms with Gasteiger partial charge in [0.2, 0.25) is 11.8 Å². The molecule has 4 rings (SSSR count). The Morgan fingerprint density at radius 1 is 1.25 bits per heavy atom. The molecule has 0 aromatic carbocycles. The summed E-state index contributed by atoms with van der Waals surface area (Å²) in [4.78, 5) is 29.9. The average Bonchev–Trinajstić information content (AvgIpc) is 3.33. The number of likely N-dealkylation sites (tertiary alicyclic amines) is 1. The van der Waals surface area contributed by atoms with Crippen LogP contribution in [0.2, 0.25) is 0 Å². The van der Waals surface area contributed by atoms with Crippen molar-refractivity contribution < 1.29 is 9.59 Å². The normalized spacial score (nSPS) is 22.6. The topological polar surface area (TPSA) is 81.0 Å². The van der Waals surface area contributed by atoms with Crippen molar-refractivity contribution in [2.24, 2.45) is 5.92 Å². The molecule has 1 saturated heterocycles. The second kappa shape index (κ2) is 8.43. The second-order valence-electron chi connectivity index (χ2n) is 7.58. The molecule has 2 aromatic heterocycles. The van der Waals surface area contributed by atoms with E-state index in [1.807, 2.05) is 12.1 Å². The van der Waals surface area contributed by atoms with Crippen molar-refractivity contribution in [3.8, 4) is 11.4 Å². The van der Waals surface area contributed by atoms with Gasteiger partial charge in [0.1, 0.15) is 0 Å². The molecule has 7 nitrogen and oxygen atoms in total. The number of hydrogen-bond donors (Lipinski definition) is 0. The number of hydrogen-bond acceptors (Lipinski definition) is 6. The molecule has 28 heavy (non-hydrogen) atoms. The molecule has 1 saturated carbocycles. The predicted molar refractivity (Wildman–Crippen MR) is 107 cm³/mol. The highest BCUT2D eigenvalue weighted by Gasteiger charge is 2.30. The minimum atomic E-state index is -0.137. The summed E-state index contributed by atoms with van der Waals surface area (Å²) in [5.74, 6) is 1.33. The van der Waals surface area contributed by atoms with Crippen LogP contribution in [0.5, 0.6) is 0 Å². The molecule has 0 unspecified atom stereocenters. The smallest absolute Gasteiger partial charge is 0.239 e. The summed E-state index contributed by atoms with van der Waals surface area (Å²) >= 11 is 1.38. The van der Waals surface area contributed by atoms with Gasteiger partial charge in [0.25, 0.3) is 0 Å². The van der Waals surface area contributed by atoms with E-state index in [1.54, 1.807) is 12.4 Å². The van der Waals surface area contributed by atoms with Gasteiger partial charge >= 0.3 is 0 Å². The van der Waals surface area contributed by atoms with Crippen LogP contribution in [-0.4, -0.2) is 48.8 Å². The average molecular weight is 400 g/mol. The highest BCUT2D eigenvalue weighted by molar-refractivity contribution is 7.99. The first-order chi connectivity index (χ1) is 13.6. The molecular formula is C20H25N5O2S. The molecule has 3 heterocycles. The monoisotopic (exact) mass is 399 g/mol. The van der Waals surface area contributed by atoms with Crippen LogP contribution in [0.25, 0.3) is 11.4 Å². The lowest BCUT2D eigenvalue weighted by Crippen LogP contribution is -2.33. The first-order valence-electron chi connectivity index (χ1n) is 9.96. The van der Waals surface area contributed by atoms with Crippen LogP contribution in [-0.2, 0) is 9.59 Å². The van der Waals surface area contributed by atoms with E-state index in [0.717, 1.165) is 29.4 Å². The summed E-state index contributed by atoms with van der Waals surface area (Å²) in [6.45, 7) is 2.81. The number of nitrogens with zero attached hydrogens (tertiary/aromatic N) is 5. The number of carbonyl (C=O) groups is 2. The Labute approximate surface area is 168 Å². The largest absolute Gasteiger partial charge is 0.299 e. The maximum atomic E-state index is 12.5. The molecule has 0 radical (unpaired) electrons. The maximum absolute atomic E-state index is 12.5. The number of aromatic nitrogens is 4. The molecule has 1 aliphatic carbocycles. The number of thioether (sulfide) groups is 1. The highest BCUT2D eigenvalue weighted by Crippen LogP contribution is 2.38. The van der Waals surface area contributed by atoms with Gasteiger partial charge in [-0.25, -0.2) is 0 Å². The van der Waals surface area contributed by atoms with E-state index < -0.39 is 0 Å². The van der Waals surface area contributed by atoms with Gasteiger partial charge in [-0.1, -0.05) is 31.5 Å². The molecule has 8 heteroatoms. The van der Waals surface area contributed by atoms with Crippen LogP contribution >= 0.6 is 11.8 Å². The summed E-state index contributed by atoms with van der Waals surface area (Å²) in [5, 5.41) is 9.61. The van der Waals surface area contributed by atoms with E-state index >= 15 is 0 Å². The molecule has 0 bridgehead atoms. The second-order valence-corrected chi connectivity index (χ2v) is 8.52. The van der Waals surface area contributed by atoms with Crippen molar-refractivity contribution in [1.29, 1.82) is 0 Å². The Kier molecular flexibility index (Phi) is 5.75. The lowest BCUT2D eigenvalue weighted by Gasteiger charge is -2.31. The molecule has 2 amide bonds. The Morgan fingerprint density at radius 3 is 2.82 bits per heavy atom. The van der Waals surface area contributed by atoms with Gasteiger partial charge < -0.3 is 0 Å². The van der Waals surface area contributed by atoms with Crippen LogP contribution < -0.4 is 0 Å². The number of rotatable bonds is 5. The summed E-state index contributed by atoms with van der Waals surface area (Å²) < 4.78 is 2.20. The first-order valence-corrected chi connectivity index (χ1v) is 10.9. The fourth-order valence-electron chi connectivity index (χ4n) is 4.16. The molecule has 2 atom stereocenters. The third-order valence-electron chi connectivity index (χ3n) is 5.68. The quantitative estimate of drug-likeness (QED) is 0.718. The third-order valence-corrected chi connectivity index (χ3v) is 6.61. The zero-order valence-corrected chi connectivity index (χ0v) is 16.9. The SMILES string of the molecule is C[C@@H]1CCCC[C@H]1n1c(SCC(=O)N2CCCC2=O)nnc1-c1cccnc1. The van der Waals surface area contributed by atoms with Crippen LogP contribution in [0, 0.1) is 5.92 Å². The lowest BCUT2D eigenvalue weighted by atomic mass is 9.85. The maximum Gasteiger partial charge on any atom is 0.239 e. The highest BCUT2D eigenvalue weighted by atomic mass is 32.2. The molecule has 2 aromatic rings. The van der Waals surface area contributed by atoms with Crippen LogP contribution in [0.4, 0.5) is 0 Å². The number of pyridine rings is 1. The van der Waals surface area contributed by atoms with E-state index in [9.17, 15) is 9.59 Å². The molecule has 2 fully saturated rings. The molecular weight excluding hydrogens is 374 g/mol.